The van der Waals surface area contributed by atoms with Crippen molar-refractivity contribution in [1.29, 1.82) is 0 Å². The second kappa shape index (κ2) is 6.12. The molecular weight excluding hydrogens is 286 g/mol. The van der Waals surface area contributed by atoms with Crippen LogP contribution in [0, 0.1) is 6.92 Å². The van der Waals surface area contributed by atoms with Crippen molar-refractivity contribution in [3.05, 3.63) is 35.6 Å². The zero-order chi connectivity index (χ0) is 14.8. The van der Waals surface area contributed by atoms with E-state index in [-0.39, 0.29) is 12.5 Å². The van der Waals surface area contributed by atoms with Crippen LogP contribution >= 0.6 is 11.8 Å². The Morgan fingerprint density at radius 1 is 1.48 bits per heavy atom. The van der Waals surface area contributed by atoms with Crippen LogP contribution in [0.5, 0.6) is 0 Å². The Balaban J connectivity index is 1.85. The lowest BCUT2D eigenvalue weighted by Gasteiger charge is -2.34. The van der Waals surface area contributed by atoms with E-state index in [1.54, 1.807) is 0 Å². The van der Waals surface area contributed by atoms with E-state index >= 15 is 0 Å². The molecule has 4 nitrogen and oxygen atoms in total. The number of rotatable bonds is 4. The van der Waals surface area contributed by atoms with E-state index in [0.29, 0.717) is 0 Å². The van der Waals surface area contributed by atoms with Gasteiger partial charge in [0.05, 0.1) is 6.42 Å². The highest BCUT2D eigenvalue weighted by molar-refractivity contribution is 7.99. The highest BCUT2D eigenvalue weighted by Gasteiger charge is 2.26. The summed E-state index contributed by atoms with van der Waals surface area (Å²) in [7, 11) is 0. The average Bonchev–Trinajstić information content (AvgIpc) is 2.77. The van der Waals surface area contributed by atoms with Gasteiger partial charge in [-0.25, -0.2) is 0 Å². The number of nitrogens with zero attached hydrogens (tertiary/aromatic N) is 1. The molecule has 1 saturated heterocycles. The van der Waals surface area contributed by atoms with Gasteiger partial charge in [0, 0.05) is 41.6 Å². The summed E-state index contributed by atoms with van der Waals surface area (Å²) in [5.41, 5.74) is 2.10. The Kier molecular flexibility index (Phi) is 4.22. The van der Waals surface area contributed by atoms with Crippen molar-refractivity contribution < 1.29 is 14.3 Å². The summed E-state index contributed by atoms with van der Waals surface area (Å²) >= 11 is 1.84. The Bertz CT molecular complexity index is 652. The van der Waals surface area contributed by atoms with Crippen LogP contribution in [0.1, 0.15) is 17.7 Å². The molecule has 3 rings (SSSR count). The fourth-order valence-corrected chi connectivity index (χ4v) is 4.04. The van der Waals surface area contributed by atoms with Gasteiger partial charge in [-0.05, 0) is 13.0 Å². The predicted octanol–water partition coefficient (Wildman–Crippen LogP) is 3.13. The van der Waals surface area contributed by atoms with Crippen molar-refractivity contribution in [1.82, 2.24) is 4.90 Å². The van der Waals surface area contributed by atoms with Gasteiger partial charge in [0.1, 0.15) is 11.3 Å². The molecule has 0 radical (unpaired) electrons. The van der Waals surface area contributed by atoms with Gasteiger partial charge in [-0.2, -0.15) is 11.8 Å². The zero-order valence-corrected chi connectivity index (χ0v) is 12.9. The van der Waals surface area contributed by atoms with E-state index in [2.05, 4.69) is 11.0 Å². The maximum absolute atomic E-state index is 11.0. The van der Waals surface area contributed by atoms with Gasteiger partial charge in [0.25, 0.3) is 0 Å². The molecule has 2 heterocycles. The number of para-hydroxylation sites is 1. The molecule has 0 aliphatic carbocycles. The second-order valence-corrected chi connectivity index (χ2v) is 6.58. The number of carbonyl (C=O) groups is 1. The molecule has 1 aliphatic heterocycles. The third-order valence-corrected chi connectivity index (χ3v) is 5.11. The lowest BCUT2D eigenvalue weighted by Crippen LogP contribution is -2.43. The normalized spacial score (nSPS) is 20.0. The summed E-state index contributed by atoms with van der Waals surface area (Å²) in [6.07, 6.45) is 0.210. The molecule has 5 heteroatoms. The topological polar surface area (TPSA) is 53.7 Å². The summed E-state index contributed by atoms with van der Waals surface area (Å²) < 4.78 is 5.81. The minimum Gasteiger partial charge on any atom is -0.481 e. The fraction of sp³-hybridized carbons (Fsp3) is 0.438. The van der Waals surface area contributed by atoms with Crippen molar-refractivity contribution in [2.75, 3.05) is 18.1 Å². The number of hydrogen-bond donors (Lipinski definition) is 1. The third-order valence-electron chi connectivity index (χ3n) is 4.02. The molecule has 0 saturated carbocycles. The maximum Gasteiger partial charge on any atom is 0.304 e. The molecule has 1 fully saturated rings. The summed E-state index contributed by atoms with van der Waals surface area (Å²) in [5.74, 6) is 2.16. The lowest BCUT2D eigenvalue weighted by molar-refractivity contribution is -0.138. The third kappa shape index (κ3) is 3.09. The summed E-state index contributed by atoms with van der Waals surface area (Å²) in [6, 6.07) is 8.15. The van der Waals surface area contributed by atoms with E-state index in [4.69, 9.17) is 9.52 Å². The summed E-state index contributed by atoms with van der Waals surface area (Å²) in [4.78, 5) is 13.3. The number of carboxylic acid groups (broad SMARTS) is 1. The van der Waals surface area contributed by atoms with Crippen LogP contribution in [0.25, 0.3) is 11.0 Å². The molecule has 0 amide bonds. The van der Waals surface area contributed by atoms with Crippen LogP contribution in [0.2, 0.25) is 0 Å². The number of thioether (sulfide) groups is 1. The summed E-state index contributed by atoms with van der Waals surface area (Å²) in [6.45, 7) is 3.68. The fourth-order valence-electron chi connectivity index (χ4n) is 2.91. The van der Waals surface area contributed by atoms with Gasteiger partial charge in [-0.15, -0.1) is 0 Å². The summed E-state index contributed by atoms with van der Waals surface area (Å²) in [5, 5.41) is 10.2. The predicted molar refractivity (Wildman–Crippen MR) is 84.7 cm³/mol. The number of carboxylic acids is 1. The number of hydrogen-bond acceptors (Lipinski definition) is 4. The molecule has 1 unspecified atom stereocenters. The van der Waals surface area contributed by atoms with Crippen LogP contribution in [-0.2, 0) is 11.3 Å². The van der Waals surface area contributed by atoms with Crippen LogP contribution in [0.4, 0.5) is 0 Å². The van der Waals surface area contributed by atoms with Gasteiger partial charge in [0.15, 0.2) is 0 Å². The molecule has 1 aromatic carbocycles. The molecule has 1 aromatic heterocycles. The molecule has 21 heavy (non-hydrogen) atoms. The molecule has 0 spiro atoms. The average molecular weight is 305 g/mol. The van der Waals surface area contributed by atoms with E-state index < -0.39 is 5.97 Å². The quantitative estimate of drug-likeness (QED) is 0.940. The number of aliphatic carboxylic acids is 1. The highest BCUT2D eigenvalue weighted by atomic mass is 32.2. The largest absolute Gasteiger partial charge is 0.481 e. The Morgan fingerprint density at radius 3 is 3.10 bits per heavy atom. The first-order valence-corrected chi connectivity index (χ1v) is 8.31. The van der Waals surface area contributed by atoms with E-state index in [0.717, 1.165) is 41.3 Å². The molecule has 1 atom stereocenters. The lowest BCUT2D eigenvalue weighted by atomic mass is 10.1. The van der Waals surface area contributed by atoms with Crippen molar-refractivity contribution in [2.24, 2.45) is 0 Å². The standard InChI is InChI=1S/C16H19NO3S/c1-11-14(13-4-2-3-5-15(13)20-11)9-17-6-7-21-10-12(17)8-16(18)19/h2-5,12H,6-10H2,1H3,(H,18,19). The molecule has 1 N–H and O–H groups in total. The maximum atomic E-state index is 11.0. The van der Waals surface area contributed by atoms with Crippen LogP contribution in [-0.4, -0.2) is 40.1 Å². The van der Waals surface area contributed by atoms with Crippen LogP contribution in [0.3, 0.4) is 0 Å². The zero-order valence-electron chi connectivity index (χ0n) is 12.0. The number of benzene rings is 1. The minimum atomic E-state index is -0.721. The Labute approximate surface area is 128 Å². The SMILES string of the molecule is Cc1oc2ccccc2c1CN1CCSCC1CC(=O)O. The van der Waals surface area contributed by atoms with E-state index in [1.165, 1.54) is 5.56 Å². The minimum absolute atomic E-state index is 0.106. The Morgan fingerprint density at radius 2 is 2.29 bits per heavy atom. The first-order valence-electron chi connectivity index (χ1n) is 7.15. The molecule has 112 valence electrons. The van der Waals surface area contributed by atoms with Gasteiger partial charge in [-0.1, -0.05) is 18.2 Å². The number of aryl methyl sites for hydroxylation is 1. The Hall–Kier alpha value is -1.46. The molecule has 2 aromatic rings. The van der Waals surface area contributed by atoms with Gasteiger partial charge < -0.3 is 9.52 Å². The van der Waals surface area contributed by atoms with Crippen molar-refractivity contribution in [3.63, 3.8) is 0 Å². The van der Waals surface area contributed by atoms with Crippen molar-refractivity contribution >= 4 is 28.7 Å². The van der Waals surface area contributed by atoms with E-state index in [9.17, 15) is 4.79 Å². The second-order valence-electron chi connectivity index (χ2n) is 5.43. The van der Waals surface area contributed by atoms with Gasteiger partial charge in [-0.3, -0.25) is 9.69 Å². The first kappa shape index (κ1) is 14.5. The first-order chi connectivity index (χ1) is 10.1. The smallest absolute Gasteiger partial charge is 0.304 e. The van der Waals surface area contributed by atoms with Gasteiger partial charge in [0.2, 0.25) is 0 Å². The molecule has 0 bridgehead atoms. The van der Waals surface area contributed by atoms with Crippen molar-refractivity contribution in [3.8, 4) is 0 Å². The molecule has 1 aliphatic rings. The van der Waals surface area contributed by atoms with E-state index in [1.807, 2.05) is 36.9 Å². The van der Waals surface area contributed by atoms with Crippen LogP contribution in [0.15, 0.2) is 28.7 Å². The molecular formula is C16H19NO3S. The number of fused-ring (bicyclic) bond motifs is 1. The van der Waals surface area contributed by atoms with Gasteiger partial charge >= 0.3 is 5.97 Å². The monoisotopic (exact) mass is 305 g/mol. The van der Waals surface area contributed by atoms with Crippen LogP contribution < -0.4 is 0 Å². The number of furan rings is 1. The highest BCUT2D eigenvalue weighted by Crippen LogP contribution is 2.29. The van der Waals surface area contributed by atoms with Crippen molar-refractivity contribution in [2.45, 2.75) is 25.9 Å².